The summed E-state index contributed by atoms with van der Waals surface area (Å²) >= 11 is 0. The summed E-state index contributed by atoms with van der Waals surface area (Å²) in [7, 11) is 0. The molecule has 0 saturated heterocycles. The summed E-state index contributed by atoms with van der Waals surface area (Å²) in [5, 5.41) is 14.5. The Morgan fingerprint density at radius 1 is 1.18 bits per heavy atom. The van der Waals surface area contributed by atoms with Crippen LogP contribution in [0.1, 0.15) is 42.6 Å². The van der Waals surface area contributed by atoms with Crippen LogP contribution in [-0.2, 0) is 4.79 Å². The molecule has 0 spiro atoms. The molecule has 22 heavy (non-hydrogen) atoms. The van der Waals surface area contributed by atoms with E-state index in [0.717, 1.165) is 18.4 Å². The van der Waals surface area contributed by atoms with Crippen LogP contribution in [0.5, 0.6) is 0 Å². The van der Waals surface area contributed by atoms with Gasteiger partial charge in [-0.1, -0.05) is 32.0 Å². The molecule has 0 saturated carbocycles. The fraction of sp³-hybridized carbons (Fsp3) is 0.529. The average Bonchev–Trinajstić information content (AvgIpc) is 2.49. The van der Waals surface area contributed by atoms with Gasteiger partial charge in [0, 0.05) is 18.7 Å². The molecular formula is C17H26N2O3. The topological polar surface area (TPSA) is 78.4 Å². The van der Waals surface area contributed by atoms with Crippen LogP contribution in [-0.4, -0.2) is 36.6 Å². The Kier molecular flexibility index (Phi) is 7.05. The fourth-order valence-corrected chi connectivity index (χ4v) is 2.02. The molecule has 0 heterocycles. The lowest BCUT2D eigenvalue weighted by molar-refractivity contribution is -0.120. The lowest BCUT2D eigenvalue weighted by Crippen LogP contribution is -2.37. The van der Waals surface area contributed by atoms with Gasteiger partial charge in [0.2, 0.25) is 5.91 Å². The van der Waals surface area contributed by atoms with Gasteiger partial charge in [-0.3, -0.25) is 9.59 Å². The summed E-state index contributed by atoms with van der Waals surface area (Å²) in [5.41, 5.74) is 1.34. The second kappa shape index (κ2) is 8.54. The van der Waals surface area contributed by atoms with E-state index in [1.165, 1.54) is 0 Å². The third-order valence-corrected chi connectivity index (χ3v) is 3.58. The van der Waals surface area contributed by atoms with Gasteiger partial charge in [0.05, 0.1) is 6.54 Å². The molecule has 1 aromatic carbocycles. The minimum atomic E-state index is -0.241. The number of nitrogens with one attached hydrogen (secondary N) is 2. The predicted octanol–water partition coefficient (Wildman–Crippen LogP) is 1.64. The largest absolute Gasteiger partial charge is 0.396 e. The second-order valence-corrected chi connectivity index (χ2v) is 6.27. The molecule has 122 valence electrons. The SMILES string of the molecule is Cc1ccccc1C(=O)NCC(=O)NCCCC(C)(C)CO. The number of carbonyl (C=O) groups is 2. The molecule has 0 aliphatic heterocycles. The summed E-state index contributed by atoms with van der Waals surface area (Å²) in [6.45, 7) is 6.47. The van der Waals surface area contributed by atoms with Crippen molar-refractivity contribution in [2.24, 2.45) is 5.41 Å². The van der Waals surface area contributed by atoms with Gasteiger partial charge in [0.1, 0.15) is 0 Å². The molecule has 0 radical (unpaired) electrons. The molecule has 3 N–H and O–H groups in total. The van der Waals surface area contributed by atoms with Crippen molar-refractivity contribution in [1.82, 2.24) is 10.6 Å². The number of aliphatic hydroxyl groups is 1. The summed E-state index contributed by atoms with van der Waals surface area (Å²) in [5.74, 6) is -0.446. The Bertz CT molecular complexity index is 512. The van der Waals surface area contributed by atoms with Crippen molar-refractivity contribution >= 4 is 11.8 Å². The molecule has 0 aliphatic carbocycles. The molecule has 0 aromatic heterocycles. The molecule has 5 heteroatoms. The quantitative estimate of drug-likeness (QED) is 0.639. The molecule has 1 rings (SSSR count). The number of hydrogen-bond acceptors (Lipinski definition) is 3. The molecule has 5 nitrogen and oxygen atoms in total. The van der Waals surface area contributed by atoms with Crippen molar-refractivity contribution in [3.63, 3.8) is 0 Å². The Balaban J connectivity index is 2.26. The van der Waals surface area contributed by atoms with E-state index in [1.807, 2.05) is 32.9 Å². The number of rotatable bonds is 8. The Hall–Kier alpha value is -1.88. The highest BCUT2D eigenvalue weighted by Crippen LogP contribution is 2.20. The van der Waals surface area contributed by atoms with Crippen molar-refractivity contribution in [3.8, 4) is 0 Å². The highest BCUT2D eigenvalue weighted by atomic mass is 16.3. The Morgan fingerprint density at radius 3 is 2.50 bits per heavy atom. The van der Waals surface area contributed by atoms with Gasteiger partial charge >= 0.3 is 0 Å². The first kappa shape index (κ1) is 18.2. The van der Waals surface area contributed by atoms with Gasteiger partial charge < -0.3 is 15.7 Å². The van der Waals surface area contributed by atoms with E-state index >= 15 is 0 Å². The van der Waals surface area contributed by atoms with Crippen LogP contribution in [0.2, 0.25) is 0 Å². The van der Waals surface area contributed by atoms with Crippen molar-refractivity contribution in [2.75, 3.05) is 19.7 Å². The molecule has 0 atom stereocenters. The number of aryl methyl sites for hydroxylation is 1. The third kappa shape index (κ3) is 6.26. The number of amides is 2. The van der Waals surface area contributed by atoms with Crippen LogP contribution in [0.3, 0.4) is 0 Å². The lowest BCUT2D eigenvalue weighted by Gasteiger charge is -2.21. The molecular weight excluding hydrogens is 280 g/mol. The maximum Gasteiger partial charge on any atom is 0.251 e. The first-order chi connectivity index (χ1) is 10.4. The predicted molar refractivity (Wildman–Crippen MR) is 86.6 cm³/mol. The average molecular weight is 306 g/mol. The van der Waals surface area contributed by atoms with E-state index in [-0.39, 0.29) is 30.4 Å². The first-order valence-corrected chi connectivity index (χ1v) is 7.57. The second-order valence-electron chi connectivity index (χ2n) is 6.27. The zero-order valence-corrected chi connectivity index (χ0v) is 13.6. The first-order valence-electron chi connectivity index (χ1n) is 7.57. The van der Waals surface area contributed by atoms with Crippen molar-refractivity contribution in [1.29, 1.82) is 0 Å². The monoisotopic (exact) mass is 306 g/mol. The molecule has 0 fully saturated rings. The summed E-state index contributed by atoms with van der Waals surface area (Å²) < 4.78 is 0. The fourth-order valence-electron chi connectivity index (χ4n) is 2.02. The van der Waals surface area contributed by atoms with E-state index in [1.54, 1.807) is 12.1 Å². The Morgan fingerprint density at radius 2 is 1.86 bits per heavy atom. The van der Waals surface area contributed by atoms with E-state index in [4.69, 9.17) is 5.11 Å². The van der Waals surface area contributed by atoms with Crippen LogP contribution in [0.25, 0.3) is 0 Å². The number of aliphatic hydroxyl groups excluding tert-OH is 1. The minimum absolute atomic E-state index is 0.0312. The highest BCUT2D eigenvalue weighted by Gasteiger charge is 2.15. The molecule has 1 aromatic rings. The van der Waals surface area contributed by atoms with Gasteiger partial charge in [-0.15, -0.1) is 0 Å². The van der Waals surface area contributed by atoms with Gasteiger partial charge in [-0.05, 0) is 36.8 Å². The standard InChI is InChI=1S/C17H26N2O3/c1-13-7-4-5-8-14(13)16(22)19-11-15(21)18-10-6-9-17(2,3)12-20/h4-5,7-8,20H,6,9-12H2,1-3H3,(H,18,21)(H,19,22). The van der Waals surface area contributed by atoms with Crippen molar-refractivity contribution in [2.45, 2.75) is 33.6 Å². The summed E-state index contributed by atoms with van der Waals surface area (Å²) in [4.78, 5) is 23.6. The highest BCUT2D eigenvalue weighted by molar-refractivity contribution is 5.97. The van der Waals surface area contributed by atoms with E-state index in [0.29, 0.717) is 12.1 Å². The number of benzene rings is 1. The molecule has 2 amide bonds. The van der Waals surface area contributed by atoms with Crippen molar-refractivity contribution in [3.05, 3.63) is 35.4 Å². The van der Waals surface area contributed by atoms with Crippen molar-refractivity contribution < 1.29 is 14.7 Å². The van der Waals surface area contributed by atoms with Crippen LogP contribution in [0, 0.1) is 12.3 Å². The molecule has 0 aliphatic rings. The van der Waals surface area contributed by atoms with E-state index < -0.39 is 0 Å². The smallest absolute Gasteiger partial charge is 0.251 e. The third-order valence-electron chi connectivity index (χ3n) is 3.58. The lowest BCUT2D eigenvalue weighted by atomic mass is 9.89. The van der Waals surface area contributed by atoms with E-state index in [2.05, 4.69) is 10.6 Å². The van der Waals surface area contributed by atoms with Crippen LogP contribution in [0.15, 0.2) is 24.3 Å². The van der Waals surface area contributed by atoms with Crippen LogP contribution >= 0.6 is 0 Å². The van der Waals surface area contributed by atoms with Gasteiger partial charge in [-0.25, -0.2) is 0 Å². The van der Waals surface area contributed by atoms with E-state index in [9.17, 15) is 9.59 Å². The molecule has 0 unspecified atom stereocenters. The molecule has 0 bridgehead atoms. The van der Waals surface area contributed by atoms with Crippen LogP contribution in [0.4, 0.5) is 0 Å². The summed E-state index contributed by atoms with van der Waals surface area (Å²) in [6, 6.07) is 7.26. The maximum atomic E-state index is 12.0. The van der Waals surface area contributed by atoms with Gasteiger partial charge in [-0.2, -0.15) is 0 Å². The zero-order chi connectivity index (χ0) is 16.6. The normalized spacial score (nSPS) is 11.1. The van der Waals surface area contributed by atoms with Crippen LogP contribution < -0.4 is 10.6 Å². The van der Waals surface area contributed by atoms with Gasteiger partial charge in [0.25, 0.3) is 5.91 Å². The maximum absolute atomic E-state index is 12.0. The summed E-state index contributed by atoms with van der Waals surface area (Å²) in [6.07, 6.45) is 1.63. The number of carbonyl (C=O) groups excluding carboxylic acids is 2. The minimum Gasteiger partial charge on any atom is -0.396 e. The zero-order valence-electron chi connectivity index (χ0n) is 13.6. The Labute approximate surface area is 132 Å². The number of hydrogen-bond donors (Lipinski definition) is 3. The van der Waals surface area contributed by atoms with Gasteiger partial charge in [0.15, 0.2) is 0 Å².